The number of amides is 1. The normalized spacial score (nSPS) is 14.9. The lowest BCUT2D eigenvalue weighted by Gasteiger charge is -2.26. The lowest BCUT2D eigenvalue weighted by molar-refractivity contribution is -0.120. The summed E-state index contributed by atoms with van der Waals surface area (Å²) in [6.45, 7) is 9.77. The molecule has 0 aliphatic rings. The van der Waals surface area contributed by atoms with Crippen LogP contribution in [0.2, 0.25) is 0 Å². The molecule has 0 aromatic heterocycles. The van der Waals surface area contributed by atoms with Gasteiger partial charge in [-0.2, -0.15) is 0 Å². The van der Waals surface area contributed by atoms with Crippen LogP contribution in [-0.2, 0) is 4.79 Å². The highest BCUT2D eigenvalue weighted by molar-refractivity contribution is 5.78. The number of nitrogens with one attached hydrogen (secondary N) is 2. The fourth-order valence-electron chi connectivity index (χ4n) is 1.73. The molecule has 0 spiro atoms. The molecule has 0 aromatic carbocycles. The van der Waals surface area contributed by atoms with Crippen LogP contribution in [0.15, 0.2) is 0 Å². The summed E-state index contributed by atoms with van der Waals surface area (Å²) in [5, 5.41) is 6.21. The Morgan fingerprint density at radius 2 is 1.83 bits per heavy atom. The second-order valence-electron chi connectivity index (χ2n) is 5.74. The van der Waals surface area contributed by atoms with E-state index in [1.165, 1.54) is 0 Å². The van der Waals surface area contributed by atoms with Gasteiger partial charge in [0.25, 0.3) is 0 Å². The Hall–Kier alpha value is -0.610. The summed E-state index contributed by atoms with van der Waals surface area (Å²) in [4.78, 5) is 13.9. The van der Waals surface area contributed by atoms with Crippen molar-refractivity contribution < 1.29 is 4.79 Å². The van der Waals surface area contributed by atoms with E-state index in [1.54, 1.807) is 0 Å². The summed E-state index contributed by atoms with van der Waals surface area (Å²) in [6, 6.07) is 0.814. The van der Waals surface area contributed by atoms with Crippen LogP contribution in [0.5, 0.6) is 0 Å². The molecule has 0 saturated heterocycles. The van der Waals surface area contributed by atoms with Crippen LogP contribution in [0.4, 0.5) is 0 Å². The minimum Gasteiger partial charge on any atom is -0.353 e. The Balaban J connectivity index is 3.92. The van der Waals surface area contributed by atoms with E-state index in [-0.39, 0.29) is 5.91 Å². The van der Waals surface area contributed by atoms with Gasteiger partial charge in [-0.15, -0.1) is 0 Å². The summed E-state index contributed by atoms with van der Waals surface area (Å²) < 4.78 is 0. The molecule has 0 aromatic rings. The largest absolute Gasteiger partial charge is 0.353 e. The molecular weight excluding hydrogens is 226 g/mol. The molecule has 0 heterocycles. The molecule has 2 atom stereocenters. The monoisotopic (exact) mass is 257 g/mol. The van der Waals surface area contributed by atoms with Gasteiger partial charge in [-0.1, -0.05) is 20.8 Å². The summed E-state index contributed by atoms with van der Waals surface area (Å²) in [5.74, 6) is 0.735. The lowest BCUT2D eigenvalue weighted by atomic mass is 10.0. The molecule has 0 aliphatic carbocycles. The highest BCUT2D eigenvalue weighted by Crippen LogP contribution is 2.07. The third kappa shape index (κ3) is 8.48. The van der Waals surface area contributed by atoms with Crippen LogP contribution in [0.3, 0.4) is 0 Å². The smallest absolute Gasteiger partial charge is 0.234 e. The first-order valence-electron chi connectivity index (χ1n) is 7.03. The maximum Gasteiger partial charge on any atom is 0.234 e. The molecule has 2 N–H and O–H groups in total. The maximum absolute atomic E-state index is 11.7. The van der Waals surface area contributed by atoms with E-state index in [4.69, 9.17) is 0 Å². The van der Waals surface area contributed by atoms with Crippen LogP contribution < -0.4 is 10.6 Å². The van der Waals surface area contributed by atoms with Crippen molar-refractivity contribution in [3.8, 4) is 0 Å². The number of carbonyl (C=O) groups is 1. The average molecular weight is 257 g/mol. The van der Waals surface area contributed by atoms with Crippen molar-refractivity contribution in [3.05, 3.63) is 0 Å². The Morgan fingerprint density at radius 1 is 1.22 bits per heavy atom. The van der Waals surface area contributed by atoms with Gasteiger partial charge in [0.15, 0.2) is 0 Å². The summed E-state index contributed by atoms with van der Waals surface area (Å²) in [5.41, 5.74) is 0. The Kier molecular flexibility index (Phi) is 9.02. The molecule has 0 radical (unpaired) electrons. The van der Waals surface area contributed by atoms with E-state index < -0.39 is 0 Å². The van der Waals surface area contributed by atoms with Gasteiger partial charge >= 0.3 is 0 Å². The van der Waals surface area contributed by atoms with Crippen LogP contribution in [0.1, 0.15) is 40.5 Å². The molecule has 0 rings (SSSR count). The van der Waals surface area contributed by atoms with Gasteiger partial charge in [0.2, 0.25) is 5.91 Å². The first-order valence-corrected chi connectivity index (χ1v) is 7.03. The maximum atomic E-state index is 11.7. The van der Waals surface area contributed by atoms with Crippen LogP contribution in [0, 0.1) is 5.92 Å². The molecule has 2 unspecified atom stereocenters. The predicted octanol–water partition coefficient (Wildman–Crippen LogP) is 1.47. The van der Waals surface area contributed by atoms with Gasteiger partial charge in [0, 0.05) is 18.6 Å². The van der Waals surface area contributed by atoms with Gasteiger partial charge in [-0.05, 0) is 39.8 Å². The topological polar surface area (TPSA) is 44.4 Å². The van der Waals surface area contributed by atoms with E-state index in [2.05, 4.69) is 57.3 Å². The Bertz CT molecular complexity index is 229. The molecule has 4 heteroatoms. The lowest BCUT2D eigenvalue weighted by Crippen LogP contribution is -2.44. The first kappa shape index (κ1) is 17.4. The highest BCUT2D eigenvalue weighted by atomic mass is 16.1. The molecule has 108 valence electrons. The standard InChI is InChI=1S/C14H31N3O/c1-7-12(4)15-10-14(18)16-9-13(17(5)6)8-11(2)3/h11-13,15H,7-10H2,1-6H3,(H,16,18). The van der Waals surface area contributed by atoms with Gasteiger partial charge in [0.1, 0.15) is 0 Å². The van der Waals surface area contributed by atoms with E-state index in [1.807, 2.05) is 0 Å². The fraction of sp³-hybridized carbons (Fsp3) is 0.929. The molecule has 0 bridgehead atoms. The molecule has 4 nitrogen and oxygen atoms in total. The van der Waals surface area contributed by atoms with E-state index in [9.17, 15) is 4.79 Å². The summed E-state index contributed by atoms with van der Waals surface area (Å²) >= 11 is 0. The van der Waals surface area contributed by atoms with Crippen molar-refractivity contribution in [2.45, 2.75) is 52.6 Å². The zero-order valence-corrected chi connectivity index (χ0v) is 12.9. The average Bonchev–Trinajstić information content (AvgIpc) is 2.30. The van der Waals surface area contributed by atoms with Crippen LogP contribution in [0.25, 0.3) is 0 Å². The number of hydrogen-bond donors (Lipinski definition) is 2. The van der Waals surface area contributed by atoms with E-state index in [0.29, 0.717) is 24.5 Å². The summed E-state index contributed by atoms with van der Waals surface area (Å²) in [6.07, 6.45) is 2.15. The van der Waals surface area contributed by atoms with E-state index >= 15 is 0 Å². The zero-order valence-electron chi connectivity index (χ0n) is 12.9. The zero-order chi connectivity index (χ0) is 14.1. The number of carbonyl (C=O) groups excluding carboxylic acids is 1. The Morgan fingerprint density at radius 3 is 2.28 bits per heavy atom. The van der Waals surface area contributed by atoms with Crippen LogP contribution in [-0.4, -0.2) is 50.1 Å². The second-order valence-corrected chi connectivity index (χ2v) is 5.74. The van der Waals surface area contributed by atoms with Crippen molar-refractivity contribution in [1.29, 1.82) is 0 Å². The predicted molar refractivity (Wildman–Crippen MR) is 77.7 cm³/mol. The Labute approximate surface area is 113 Å². The number of likely N-dealkylation sites (N-methyl/N-ethyl adjacent to an activating group) is 1. The fourth-order valence-corrected chi connectivity index (χ4v) is 1.73. The molecule has 18 heavy (non-hydrogen) atoms. The third-order valence-electron chi connectivity index (χ3n) is 3.23. The van der Waals surface area contributed by atoms with Crippen molar-refractivity contribution >= 4 is 5.91 Å². The molecule has 1 amide bonds. The molecule has 0 aliphatic heterocycles. The van der Waals surface area contributed by atoms with Crippen molar-refractivity contribution in [2.75, 3.05) is 27.2 Å². The minimum atomic E-state index is 0.0888. The van der Waals surface area contributed by atoms with Gasteiger partial charge in [-0.3, -0.25) is 4.79 Å². The number of rotatable bonds is 9. The second kappa shape index (κ2) is 9.34. The number of nitrogens with zero attached hydrogens (tertiary/aromatic N) is 1. The van der Waals surface area contributed by atoms with Crippen molar-refractivity contribution in [1.82, 2.24) is 15.5 Å². The van der Waals surface area contributed by atoms with Crippen LogP contribution >= 0.6 is 0 Å². The highest BCUT2D eigenvalue weighted by Gasteiger charge is 2.14. The third-order valence-corrected chi connectivity index (χ3v) is 3.23. The van der Waals surface area contributed by atoms with Gasteiger partial charge < -0.3 is 15.5 Å². The SMILES string of the molecule is CCC(C)NCC(=O)NCC(CC(C)C)N(C)C. The molecule has 0 fully saturated rings. The van der Waals surface area contributed by atoms with E-state index in [0.717, 1.165) is 19.4 Å². The van der Waals surface area contributed by atoms with Crippen molar-refractivity contribution in [2.24, 2.45) is 5.92 Å². The van der Waals surface area contributed by atoms with Gasteiger partial charge in [0.05, 0.1) is 6.54 Å². The van der Waals surface area contributed by atoms with Crippen molar-refractivity contribution in [3.63, 3.8) is 0 Å². The first-order chi connectivity index (χ1) is 8.36. The molecular formula is C14H31N3O. The number of hydrogen-bond acceptors (Lipinski definition) is 3. The quantitative estimate of drug-likeness (QED) is 0.657. The summed E-state index contributed by atoms with van der Waals surface area (Å²) in [7, 11) is 4.13. The minimum absolute atomic E-state index is 0.0888. The molecule has 0 saturated carbocycles. The van der Waals surface area contributed by atoms with Gasteiger partial charge in [-0.25, -0.2) is 0 Å².